The molecule has 166 valence electrons. The molecule has 0 spiro atoms. The molecule has 2 aromatic rings. The van der Waals surface area contributed by atoms with Gasteiger partial charge in [0.25, 0.3) is 0 Å². The van der Waals surface area contributed by atoms with E-state index in [1.807, 2.05) is 6.26 Å². The summed E-state index contributed by atoms with van der Waals surface area (Å²) >= 11 is 1.45. The molecular formula is C25H24O6S. The predicted octanol–water partition coefficient (Wildman–Crippen LogP) is 5.52. The van der Waals surface area contributed by atoms with Crippen LogP contribution in [0, 0.1) is 0 Å². The maximum atomic E-state index is 12.1. The molecule has 0 aliphatic rings. The Bertz CT molecular complexity index is 1130. The third-order valence-electron chi connectivity index (χ3n) is 4.09. The first-order valence-corrected chi connectivity index (χ1v) is 10.7. The number of rotatable bonds is 8. The first kappa shape index (κ1) is 24.7. The fraction of sp³-hybridized carbons (Fsp3) is 0.160. The van der Waals surface area contributed by atoms with Crippen LogP contribution in [0.4, 0.5) is 0 Å². The smallest absolute Gasteiger partial charge is 0.338 e. The second-order valence-electron chi connectivity index (χ2n) is 7.03. The van der Waals surface area contributed by atoms with Crippen LogP contribution >= 0.6 is 11.8 Å². The van der Waals surface area contributed by atoms with Crippen LogP contribution in [0.5, 0.6) is 17.2 Å². The molecule has 7 heteroatoms. The summed E-state index contributed by atoms with van der Waals surface area (Å²) in [5.41, 5.74) is 2.20. The quantitative estimate of drug-likeness (QED) is 0.226. The molecule has 32 heavy (non-hydrogen) atoms. The minimum Gasteiger partial charge on any atom is -0.423 e. The van der Waals surface area contributed by atoms with E-state index in [-0.39, 0.29) is 22.6 Å². The second-order valence-corrected chi connectivity index (χ2v) is 7.88. The summed E-state index contributed by atoms with van der Waals surface area (Å²) in [7, 11) is 0. The second kappa shape index (κ2) is 10.6. The van der Waals surface area contributed by atoms with Gasteiger partial charge in [-0.2, -0.15) is 0 Å². The van der Waals surface area contributed by atoms with E-state index in [4.69, 9.17) is 14.2 Å². The minimum atomic E-state index is -0.651. The van der Waals surface area contributed by atoms with Crippen molar-refractivity contribution in [1.82, 2.24) is 0 Å². The van der Waals surface area contributed by atoms with Crippen molar-refractivity contribution in [3.63, 3.8) is 0 Å². The molecule has 0 fully saturated rings. The van der Waals surface area contributed by atoms with E-state index in [2.05, 4.69) is 19.7 Å². The standard InChI is InChI=1S/C25H24O6S/c1-14(2)23(26)29-18-9-10-19(22(13-18)32-7)17-8-11-20(30-24(27)15(3)4)21(12-17)31-25(28)16(5)6/h8-13H,1,3,5H2,2,4,6-7H3. The number of benzene rings is 2. The van der Waals surface area contributed by atoms with Gasteiger partial charge in [0.15, 0.2) is 11.5 Å². The lowest BCUT2D eigenvalue weighted by atomic mass is 10.0. The zero-order chi connectivity index (χ0) is 24.0. The maximum absolute atomic E-state index is 12.1. The molecule has 0 N–H and O–H groups in total. The number of esters is 3. The molecule has 0 atom stereocenters. The number of ether oxygens (including phenoxy) is 3. The Morgan fingerprint density at radius 3 is 1.78 bits per heavy atom. The van der Waals surface area contributed by atoms with Crippen LogP contribution in [-0.2, 0) is 14.4 Å². The van der Waals surface area contributed by atoms with Gasteiger partial charge in [0.05, 0.1) is 0 Å². The van der Waals surface area contributed by atoms with Crippen molar-refractivity contribution >= 4 is 29.7 Å². The zero-order valence-electron chi connectivity index (χ0n) is 18.4. The predicted molar refractivity (Wildman–Crippen MR) is 125 cm³/mol. The van der Waals surface area contributed by atoms with Crippen LogP contribution in [0.3, 0.4) is 0 Å². The molecule has 2 aromatic carbocycles. The highest BCUT2D eigenvalue weighted by atomic mass is 32.2. The van der Waals surface area contributed by atoms with E-state index in [0.717, 1.165) is 10.5 Å². The van der Waals surface area contributed by atoms with E-state index < -0.39 is 17.9 Å². The van der Waals surface area contributed by atoms with Gasteiger partial charge in [-0.25, -0.2) is 14.4 Å². The fourth-order valence-electron chi connectivity index (χ4n) is 2.38. The molecule has 0 bridgehead atoms. The topological polar surface area (TPSA) is 78.9 Å². The molecule has 0 radical (unpaired) electrons. The molecule has 6 nitrogen and oxygen atoms in total. The molecule has 0 aliphatic carbocycles. The van der Waals surface area contributed by atoms with Crippen LogP contribution < -0.4 is 14.2 Å². The lowest BCUT2D eigenvalue weighted by Crippen LogP contribution is -2.12. The van der Waals surface area contributed by atoms with Gasteiger partial charge in [-0.05, 0) is 68.5 Å². The van der Waals surface area contributed by atoms with Crippen LogP contribution in [0.2, 0.25) is 0 Å². The van der Waals surface area contributed by atoms with E-state index in [1.54, 1.807) is 37.3 Å². The van der Waals surface area contributed by atoms with Gasteiger partial charge in [0, 0.05) is 21.6 Å². The Labute approximate surface area is 191 Å². The van der Waals surface area contributed by atoms with Crippen molar-refractivity contribution in [2.45, 2.75) is 25.7 Å². The minimum absolute atomic E-state index is 0.0648. The van der Waals surface area contributed by atoms with Gasteiger partial charge in [-0.3, -0.25) is 0 Å². The number of hydrogen-bond donors (Lipinski definition) is 0. The number of thioether (sulfide) groups is 1. The van der Waals surface area contributed by atoms with Crippen LogP contribution in [-0.4, -0.2) is 24.2 Å². The Morgan fingerprint density at radius 1 is 0.719 bits per heavy atom. The Balaban J connectivity index is 2.50. The first-order chi connectivity index (χ1) is 15.0. The largest absolute Gasteiger partial charge is 0.423 e. The molecule has 2 rings (SSSR count). The van der Waals surface area contributed by atoms with Crippen molar-refractivity contribution in [2.75, 3.05) is 6.26 Å². The molecular weight excluding hydrogens is 428 g/mol. The lowest BCUT2D eigenvalue weighted by molar-refractivity contribution is -0.132. The Morgan fingerprint density at radius 2 is 1.25 bits per heavy atom. The van der Waals surface area contributed by atoms with Gasteiger partial charge in [-0.15, -0.1) is 11.8 Å². The van der Waals surface area contributed by atoms with Crippen molar-refractivity contribution in [2.24, 2.45) is 0 Å². The van der Waals surface area contributed by atoms with Crippen molar-refractivity contribution < 1.29 is 28.6 Å². The molecule has 0 unspecified atom stereocenters. The molecule has 0 aromatic heterocycles. The van der Waals surface area contributed by atoms with Crippen molar-refractivity contribution in [1.29, 1.82) is 0 Å². The Kier molecular flexibility index (Phi) is 8.21. The van der Waals surface area contributed by atoms with Gasteiger partial charge < -0.3 is 14.2 Å². The summed E-state index contributed by atoms with van der Waals surface area (Å²) in [6.45, 7) is 15.3. The average Bonchev–Trinajstić information content (AvgIpc) is 2.74. The van der Waals surface area contributed by atoms with Gasteiger partial charge in [0.1, 0.15) is 5.75 Å². The van der Waals surface area contributed by atoms with Gasteiger partial charge >= 0.3 is 17.9 Å². The van der Waals surface area contributed by atoms with Crippen LogP contribution in [0.1, 0.15) is 20.8 Å². The van der Waals surface area contributed by atoms with Crippen molar-refractivity contribution in [3.05, 3.63) is 72.9 Å². The van der Waals surface area contributed by atoms with E-state index in [1.165, 1.54) is 31.7 Å². The van der Waals surface area contributed by atoms with Gasteiger partial charge in [0.2, 0.25) is 0 Å². The number of hydrogen-bond acceptors (Lipinski definition) is 7. The summed E-state index contributed by atoms with van der Waals surface area (Å²) in [5.74, 6) is -1.28. The van der Waals surface area contributed by atoms with E-state index in [0.29, 0.717) is 16.9 Å². The SMILES string of the molecule is C=C(C)C(=O)Oc1ccc(-c2ccc(OC(=O)C(=C)C)c(OC(=O)C(=C)C)c2)c(SC)c1. The summed E-state index contributed by atoms with van der Waals surface area (Å²) in [6.07, 6.45) is 1.88. The lowest BCUT2D eigenvalue weighted by Gasteiger charge is -2.14. The van der Waals surface area contributed by atoms with Crippen LogP contribution in [0.25, 0.3) is 11.1 Å². The average molecular weight is 453 g/mol. The van der Waals surface area contributed by atoms with Gasteiger partial charge in [-0.1, -0.05) is 25.8 Å². The molecule has 0 saturated heterocycles. The summed E-state index contributed by atoms with van der Waals surface area (Å²) in [5, 5.41) is 0. The Hall–Kier alpha value is -3.58. The van der Waals surface area contributed by atoms with E-state index in [9.17, 15) is 14.4 Å². The fourth-order valence-corrected chi connectivity index (χ4v) is 3.02. The normalized spacial score (nSPS) is 10.1. The highest BCUT2D eigenvalue weighted by Crippen LogP contribution is 2.38. The number of carbonyl (C=O) groups is 3. The maximum Gasteiger partial charge on any atom is 0.338 e. The highest BCUT2D eigenvalue weighted by molar-refractivity contribution is 7.98. The summed E-state index contributed by atoms with van der Waals surface area (Å²) in [6, 6.07) is 10.0. The third-order valence-corrected chi connectivity index (χ3v) is 4.87. The summed E-state index contributed by atoms with van der Waals surface area (Å²) < 4.78 is 16.0. The first-order valence-electron chi connectivity index (χ1n) is 9.49. The summed E-state index contributed by atoms with van der Waals surface area (Å²) in [4.78, 5) is 36.7. The molecule has 0 aliphatic heterocycles. The zero-order valence-corrected chi connectivity index (χ0v) is 19.3. The molecule has 0 saturated carbocycles. The highest BCUT2D eigenvalue weighted by Gasteiger charge is 2.18. The molecule has 0 amide bonds. The van der Waals surface area contributed by atoms with Crippen LogP contribution in [0.15, 0.2) is 77.7 Å². The molecule has 0 heterocycles. The monoisotopic (exact) mass is 452 g/mol. The number of carbonyl (C=O) groups excluding carboxylic acids is 3. The van der Waals surface area contributed by atoms with E-state index >= 15 is 0 Å². The van der Waals surface area contributed by atoms with Crippen molar-refractivity contribution in [3.8, 4) is 28.4 Å². The third kappa shape index (κ3) is 6.21.